The van der Waals surface area contributed by atoms with Crippen LogP contribution in [0.4, 0.5) is 4.39 Å². The Hall–Kier alpha value is -2.72. The number of likely N-dealkylation sites (N-methyl/N-ethyl adjacent to an activating group) is 1. The minimum Gasteiger partial charge on any atom is -0.347 e. The monoisotopic (exact) mass is 327 g/mol. The summed E-state index contributed by atoms with van der Waals surface area (Å²) in [5.74, 6) is -0.802. The van der Waals surface area contributed by atoms with E-state index in [1.807, 2.05) is 24.9 Å². The van der Waals surface area contributed by atoms with Crippen LogP contribution in [0.2, 0.25) is 0 Å². The third-order valence-corrected chi connectivity index (χ3v) is 4.40. The molecule has 1 aliphatic heterocycles. The van der Waals surface area contributed by atoms with Gasteiger partial charge < -0.3 is 14.8 Å². The third kappa shape index (κ3) is 3.01. The van der Waals surface area contributed by atoms with Crippen molar-refractivity contribution in [1.82, 2.24) is 19.8 Å². The molecular weight excluding hydrogens is 309 g/mol. The molecule has 1 aliphatic rings. The molecule has 0 spiro atoms. The molecule has 0 radical (unpaired) electrons. The van der Waals surface area contributed by atoms with E-state index in [1.54, 1.807) is 12.4 Å². The van der Waals surface area contributed by atoms with Gasteiger partial charge in [0.15, 0.2) is 0 Å². The predicted octanol–water partition coefficient (Wildman–Crippen LogP) is 1.26. The Bertz CT molecular complexity index is 810. The Balaban J connectivity index is 1.80. The molecule has 0 aliphatic carbocycles. The predicted molar refractivity (Wildman–Crippen MR) is 85.8 cm³/mol. The maximum atomic E-state index is 13.4. The fourth-order valence-electron chi connectivity index (χ4n) is 3.18. The Kier molecular flexibility index (Phi) is 4.32. The summed E-state index contributed by atoms with van der Waals surface area (Å²) in [4.78, 5) is 18.8. The minimum absolute atomic E-state index is 0.0755. The maximum Gasteiger partial charge on any atom is 0.251 e. The first-order valence-electron chi connectivity index (χ1n) is 7.65. The van der Waals surface area contributed by atoms with E-state index in [-0.39, 0.29) is 29.0 Å². The van der Waals surface area contributed by atoms with E-state index in [4.69, 9.17) is 5.26 Å². The quantitative estimate of drug-likeness (QED) is 0.921. The average molecular weight is 327 g/mol. The molecule has 1 amide bonds. The smallest absolute Gasteiger partial charge is 0.251 e. The maximum absolute atomic E-state index is 13.4. The van der Waals surface area contributed by atoms with Crippen LogP contribution in [-0.4, -0.2) is 46.5 Å². The van der Waals surface area contributed by atoms with E-state index in [0.29, 0.717) is 6.54 Å². The molecule has 0 bridgehead atoms. The lowest BCUT2D eigenvalue weighted by atomic mass is 9.99. The van der Waals surface area contributed by atoms with Gasteiger partial charge in [0.25, 0.3) is 5.91 Å². The molecule has 2 atom stereocenters. The number of benzene rings is 1. The number of aryl methyl sites for hydroxylation is 1. The number of nitriles is 1. The van der Waals surface area contributed by atoms with Crippen LogP contribution < -0.4 is 5.32 Å². The van der Waals surface area contributed by atoms with Gasteiger partial charge in [-0.1, -0.05) is 0 Å². The standard InChI is InChI=1S/C17H18FN5O/c1-22-8-13(16-7-20-10-23(16)2)15(9-22)21-17(24)11-3-4-14(18)12(5-11)6-19/h3-5,7,10,13,15H,8-9H2,1-2H3,(H,21,24)/t13-,15-/m1/s1. The number of imidazole rings is 1. The average Bonchev–Trinajstić information content (AvgIpc) is 3.13. The van der Waals surface area contributed by atoms with Crippen molar-refractivity contribution in [2.75, 3.05) is 20.1 Å². The second-order valence-electron chi connectivity index (χ2n) is 6.14. The van der Waals surface area contributed by atoms with Gasteiger partial charge in [-0.3, -0.25) is 4.79 Å². The van der Waals surface area contributed by atoms with E-state index in [9.17, 15) is 9.18 Å². The largest absolute Gasteiger partial charge is 0.347 e. The normalized spacial score (nSPS) is 20.8. The van der Waals surface area contributed by atoms with Gasteiger partial charge in [-0.05, 0) is 25.2 Å². The van der Waals surface area contributed by atoms with Crippen LogP contribution in [0.3, 0.4) is 0 Å². The molecule has 1 fully saturated rings. The third-order valence-electron chi connectivity index (χ3n) is 4.40. The highest BCUT2D eigenvalue weighted by molar-refractivity contribution is 5.94. The zero-order valence-electron chi connectivity index (χ0n) is 13.5. The topological polar surface area (TPSA) is 74.0 Å². The van der Waals surface area contributed by atoms with Crippen LogP contribution in [0, 0.1) is 17.1 Å². The molecule has 0 unspecified atom stereocenters. The number of halogens is 1. The summed E-state index contributed by atoms with van der Waals surface area (Å²) in [5, 5.41) is 11.9. The van der Waals surface area contributed by atoms with E-state index < -0.39 is 5.82 Å². The molecule has 1 N–H and O–H groups in total. The SMILES string of the molecule is CN1C[C@@H](NC(=O)c2ccc(F)c(C#N)c2)[C@H](c2cncn2C)C1. The van der Waals surface area contributed by atoms with E-state index in [2.05, 4.69) is 15.2 Å². The van der Waals surface area contributed by atoms with E-state index >= 15 is 0 Å². The number of carbonyl (C=O) groups excluding carboxylic acids is 1. The van der Waals surface area contributed by atoms with Crippen molar-refractivity contribution in [3.63, 3.8) is 0 Å². The molecule has 3 rings (SSSR count). The number of nitrogens with one attached hydrogen (secondary N) is 1. The number of hydrogen-bond donors (Lipinski definition) is 1. The van der Waals surface area contributed by atoms with Gasteiger partial charge in [0, 0.05) is 43.5 Å². The molecule has 6 nitrogen and oxygen atoms in total. The van der Waals surface area contributed by atoms with E-state index in [1.165, 1.54) is 12.1 Å². The van der Waals surface area contributed by atoms with Crippen LogP contribution in [0.5, 0.6) is 0 Å². The van der Waals surface area contributed by atoms with Gasteiger partial charge >= 0.3 is 0 Å². The summed E-state index contributed by atoms with van der Waals surface area (Å²) in [7, 11) is 3.93. The van der Waals surface area contributed by atoms with Crippen LogP contribution in [-0.2, 0) is 7.05 Å². The number of aromatic nitrogens is 2. The van der Waals surface area contributed by atoms with Gasteiger partial charge in [0.05, 0.1) is 17.9 Å². The summed E-state index contributed by atoms with van der Waals surface area (Å²) in [6, 6.07) is 5.50. The van der Waals surface area contributed by atoms with Crippen LogP contribution in [0.1, 0.15) is 27.5 Å². The molecule has 1 saturated heterocycles. The van der Waals surface area contributed by atoms with Crippen molar-refractivity contribution in [2.24, 2.45) is 7.05 Å². The lowest BCUT2D eigenvalue weighted by molar-refractivity contribution is 0.0935. The van der Waals surface area contributed by atoms with Crippen molar-refractivity contribution in [2.45, 2.75) is 12.0 Å². The van der Waals surface area contributed by atoms with Crippen LogP contribution >= 0.6 is 0 Å². The number of hydrogen-bond acceptors (Lipinski definition) is 4. The van der Waals surface area contributed by atoms with Gasteiger partial charge in [0.1, 0.15) is 11.9 Å². The van der Waals surface area contributed by atoms with Gasteiger partial charge in [0.2, 0.25) is 0 Å². The molecule has 0 saturated carbocycles. The first-order valence-corrected chi connectivity index (χ1v) is 7.65. The highest BCUT2D eigenvalue weighted by Gasteiger charge is 2.34. The molecule has 2 aromatic rings. The Morgan fingerprint density at radius 3 is 2.88 bits per heavy atom. The summed E-state index contributed by atoms with van der Waals surface area (Å²) in [6.45, 7) is 1.53. The highest BCUT2D eigenvalue weighted by Crippen LogP contribution is 2.26. The number of amides is 1. The summed E-state index contributed by atoms with van der Waals surface area (Å²) >= 11 is 0. The van der Waals surface area contributed by atoms with Crippen LogP contribution in [0.15, 0.2) is 30.7 Å². The second kappa shape index (κ2) is 6.42. The molecule has 24 heavy (non-hydrogen) atoms. The second-order valence-corrected chi connectivity index (χ2v) is 6.14. The first-order chi connectivity index (χ1) is 11.5. The fourth-order valence-corrected chi connectivity index (χ4v) is 3.18. The van der Waals surface area contributed by atoms with E-state index in [0.717, 1.165) is 18.3 Å². The van der Waals surface area contributed by atoms with Crippen molar-refractivity contribution in [3.8, 4) is 6.07 Å². The van der Waals surface area contributed by atoms with Crippen molar-refractivity contribution >= 4 is 5.91 Å². The first kappa shape index (κ1) is 16.1. The van der Waals surface area contributed by atoms with Crippen molar-refractivity contribution < 1.29 is 9.18 Å². The fraction of sp³-hybridized carbons (Fsp3) is 0.353. The number of likely N-dealkylation sites (tertiary alicyclic amines) is 1. The molecule has 2 heterocycles. The van der Waals surface area contributed by atoms with Gasteiger partial charge in [-0.15, -0.1) is 0 Å². The van der Waals surface area contributed by atoms with Gasteiger partial charge in [-0.2, -0.15) is 5.26 Å². The zero-order valence-corrected chi connectivity index (χ0v) is 13.5. The van der Waals surface area contributed by atoms with Crippen LogP contribution in [0.25, 0.3) is 0 Å². The summed E-state index contributed by atoms with van der Waals surface area (Å²) in [5.41, 5.74) is 1.21. The Morgan fingerprint density at radius 2 is 2.21 bits per heavy atom. The Labute approximate surface area is 139 Å². The molecular formula is C17H18FN5O. The minimum atomic E-state index is -0.623. The van der Waals surface area contributed by atoms with Crippen molar-refractivity contribution in [3.05, 3.63) is 53.4 Å². The molecule has 1 aromatic carbocycles. The number of rotatable bonds is 3. The number of carbonyl (C=O) groups is 1. The summed E-state index contributed by atoms with van der Waals surface area (Å²) < 4.78 is 15.4. The Morgan fingerprint density at radius 1 is 1.42 bits per heavy atom. The number of nitrogens with zero attached hydrogens (tertiary/aromatic N) is 4. The molecule has 1 aromatic heterocycles. The highest BCUT2D eigenvalue weighted by atomic mass is 19.1. The lowest BCUT2D eigenvalue weighted by Gasteiger charge is -2.20. The molecule has 7 heteroatoms. The molecule has 124 valence electrons. The lowest BCUT2D eigenvalue weighted by Crippen LogP contribution is -2.40. The zero-order chi connectivity index (χ0) is 17.3. The van der Waals surface area contributed by atoms with Crippen molar-refractivity contribution in [1.29, 1.82) is 5.26 Å². The van der Waals surface area contributed by atoms with Gasteiger partial charge in [-0.25, -0.2) is 9.37 Å². The summed E-state index contributed by atoms with van der Waals surface area (Å²) in [6.07, 6.45) is 3.56.